The Morgan fingerprint density at radius 2 is 2.31 bits per heavy atom. The SMILES string of the molecule is C=CC(=O)NC1(c2ncon2)CCOCC1. The number of nitrogens with zero attached hydrogens (tertiary/aromatic N) is 2. The van der Waals surface area contributed by atoms with E-state index in [0.29, 0.717) is 31.9 Å². The van der Waals surface area contributed by atoms with Crippen LogP contribution in [-0.4, -0.2) is 29.3 Å². The number of amides is 1. The molecule has 1 amide bonds. The number of rotatable bonds is 3. The van der Waals surface area contributed by atoms with E-state index in [0.717, 1.165) is 0 Å². The fraction of sp³-hybridized carbons (Fsp3) is 0.500. The number of carbonyl (C=O) groups is 1. The van der Waals surface area contributed by atoms with Gasteiger partial charge in [-0.3, -0.25) is 4.79 Å². The number of hydrogen-bond acceptors (Lipinski definition) is 5. The largest absolute Gasteiger partial charge is 0.381 e. The third kappa shape index (κ3) is 1.96. The maximum Gasteiger partial charge on any atom is 0.244 e. The molecule has 1 aromatic heterocycles. The second kappa shape index (κ2) is 4.44. The number of hydrogen-bond donors (Lipinski definition) is 1. The number of aromatic nitrogens is 2. The third-order valence-electron chi connectivity index (χ3n) is 2.68. The van der Waals surface area contributed by atoms with Gasteiger partial charge in [-0.15, -0.1) is 0 Å². The molecule has 0 saturated carbocycles. The van der Waals surface area contributed by atoms with Gasteiger partial charge in [0.15, 0.2) is 5.82 Å². The molecule has 0 spiro atoms. The highest BCUT2D eigenvalue weighted by atomic mass is 16.5. The van der Waals surface area contributed by atoms with Crippen LogP contribution < -0.4 is 5.32 Å². The van der Waals surface area contributed by atoms with E-state index in [-0.39, 0.29) is 5.91 Å². The van der Waals surface area contributed by atoms with Crippen molar-refractivity contribution in [2.75, 3.05) is 13.2 Å². The Labute approximate surface area is 92.7 Å². The van der Waals surface area contributed by atoms with Crippen molar-refractivity contribution in [3.05, 3.63) is 24.9 Å². The van der Waals surface area contributed by atoms with E-state index in [4.69, 9.17) is 9.26 Å². The van der Waals surface area contributed by atoms with Gasteiger partial charge < -0.3 is 14.6 Å². The van der Waals surface area contributed by atoms with Crippen LogP contribution in [0.25, 0.3) is 0 Å². The lowest BCUT2D eigenvalue weighted by Crippen LogP contribution is -2.49. The Bertz CT molecular complexity index is 369. The van der Waals surface area contributed by atoms with E-state index in [2.05, 4.69) is 22.0 Å². The molecule has 0 bridgehead atoms. The van der Waals surface area contributed by atoms with E-state index in [1.165, 1.54) is 12.5 Å². The first-order valence-electron chi connectivity index (χ1n) is 5.06. The topological polar surface area (TPSA) is 77.3 Å². The predicted molar refractivity (Wildman–Crippen MR) is 54.4 cm³/mol. The van der Waals surface area contributed by atoms with Crippen LogP contribution >= 0.6 is 0 Å². The van der Waals surface area contributed by atoms with E-state index in [1.54, 1.807) is 0 Å². The van der Waals surface area contributed by atoms with Gasteiger partial charge in [0.05, 0.1) is 0 Å². The van der Waals surface area contributed by atoms with Crippen LogP contribution in [0, 0.1) is 0 Å². The summed E-state index contributed by atoms with van der Waals surface area (Å²) in [5, 5.41) is 6.67. The maximum absolute atomic E-state index is 11.4. The van der Waals surface area contributed by atoms with Crippen LogP contribution in [0.15, 0.2) is 23.6 Å². The summed E-state index contributed by atoms with van der Waals surface area (Å²) < 4.78 is 10.0. The van der Waals surface area contributed by atoms with Crippen molar-refractivity contribution >= 4 is 5.91 Å². The van der Waals surface area contributed by atoms with E-state index >= 15 is 0 Å². The molecule has 6 heteroatoms. The van der Waals surface area contributed by atoms with Crippen LogP contribution in [0.2, 0.25) is 0 Å². The fourth-order valence-electron chi connectivity index (χ4n) is 1.79. The summed E-state index contributed by atoms with van der Waals surface area (Å²) in [6, 6.07) is 0. The Morgan fingerprint density at radius 3 is 2.88 bits per heavy atom. The molecule has 1 aliphatic rings. The molecule has 0 unspecified atom stereocenters. The molecule has 1 aromatic rings. The molecule has 16 heavy (non-hydrogen) atoms. The van der Waals surface area contributed by atoms with Crippen molar-refractivity contribution < 1.29 is 14.1 Å². The van der Waals surface area contributed by atoms with Crippen molar-refractivity contribution in [2.24, 2.45) is 0 Å². The number of ether oxygens (including phenoxy) is 1. The molecule has 0 aliphatic carbocycles. The second-order valence-electron chi connectivity index (χ2n) is 3.64. The van der Waals surface area contributed by atoms with Crippen molar-refractivity contribution in [1.82, 2.24) is 15.5 Å². The van der Waals surface area contributed by atoms with E-state index in [1.807, 2.05) is 0 Å². The smallest absolute Gasteiger partial charge is 0.244 e. The molecule has 2 heterocycles. The number of nitrogens with one attached hydrogen (secondary N) is 1. The minimum Gasteiger partial charge on any atom is -0.381 e. The Hall–Kier alpha value is -1.69. The lowest BCUT2D eigenvalue weighted by Gasteiger charge is -2.34. The summed E-state index contributed by atoms with van der Waals surface area (Å²) in [6.45, 7) is 4.55. The zero-order valence-corrected chi connectivity index (χ0v) is 8.81. The molecule has 6 nitrogen and oxygen atoms in total. The van der Waals surface area contributed by atoms with E-state index < -0.39 is 5.54 Å². The summed E-state index contributed by atoms with van der Waals surface area (Å²) in [7, 11) is 0. The van der Waals surface area contributed by atoms with Crippen molar-refractivity contribution in [1.29, 1.82) is 0 Å². The third-order valence-corrected chi connectivity index (χ3v) is 2.68. The van der Waals surface area contributed by atoms with Crippen molar-refractivity contribution in [3.8, 4) is 0 Å². The van der Waals surface area contributed by atoms with Gasteiger partial charge in [0.25, 0.3) is 0 Å². The van der Waals surface area contributed by atoms with Crippen LogP contribution in [0.1, 0.15) is 18.7 Å². The molecular formula is C10H13N3O3. The highest BCUT2D eigenvalue weighted by Crippen LogP contribution is 2.29. The highest BCUT2D eigenvalue weighted by Gasteiger charge is 2.39. The molecule has 86 valence electrons. The van der Waals surface area contributed by atoms with Gasteiger partial charge in [0, 0.05) is 26.1 Å². The molecule has 1 fully saturated rings. The molecule has 2 rings (SSSR count). The summed E-state index contributed by atoms with van der Waals surface area (Å²) in [6.07, 6.45) is 3.75. The van der Waals surface area contributed by atoms with Crippen LogP contribution in [0.4, 0.5) is 0 Å². The van der Waals surface area contributed by atoms with Gasteiger partial charge in [0.1, 0.15) is 5.54 Å². The Kier molecular flexibility index (Phi) is 3.00. The average Bonchev–Trinajstić information content (AvgIpc) is 2.84. The van der Waals surface area contributed by atoms with Gasteiger partial charge in [0.2, 0.25) is 12.3 Å². The molecule has 1 N–H and O–H groups in total. The summed E-state index contributed by atoms with van der Waals surface area (Å²) >= 11 is 0. The minimum absolute atomic E-state index is 0.244. The lowest BCUT2D eigenvalue weighted by molar-refractivity contribution is -0.120. The molecule has 0 atom stereocenters. The van der Waals surface area contributed by atoms with E-state index in [9.17, 15) is 4.79 Å². The second-order valence-corrected chi connectivity index (χ2v) is 3.64. The Balaban J connectivity index is 2.24. The highest BCUT2D eigenvalue weighted by molar-refractivity contribution is 5.87. The van der Waals surface area contributed by atoms with Crippen molar-refractivity contribution in [2.45, 2.75) is 18.4 Å². The first-order valence-corrected chi connectivity index (χ1v) is 5.06. The molecule has 1 aliphatic heterocycles. The van der Waals surface area contributed by atoms with Gasteiger partial charge in [-0.1, -0.05) is 11.7 Å². The maximum atomic E-state index is 11.4. The van der Waals surface area contributed by atoms with Gasteiger partial charge >= 0.3 is 0 Å². The molecule has 1 saturated heterocycles. The minimum atomic E-state index is -0.587. The molecule has 0 radical (unpaired) electrons. The monoisotopic (exact) mass is 223 g/mol. The Morgan fingerprint density at radius 1 is 1.56 bits per heavy atom. The quantitative estimate of drug-likeness (QED) is 0.749. The average molecular weight is 223 g/mol. The fourth-order valence-corrected chi connectivity index (χ4v) is 1.79. The van der Waals surface area contributed by atoms with Gasteiger partial charge in [-0.05, 0) is 6.08 Å². The zero-order chi connectivity index (χ0) is 11.4. The van der Waals surface area contributed by atoms with Crippen molar-refractivity contribution in [3.63, 3.8) is 0 Å². The van der Waals surface area contributed by atoms with Crippen LogP contribution in [0.3, 0.4) is 0 Å². The first-order chi connectivity index (χ1) is 7.77. The predicted octanol–water partition coefficient (Wildman–Crippen LogP) is 0.377. The van der Waals surface area contributed by atoms with Crippen LogP contribution in [-0.2, 0) is 15.1 Å². The normalized spacial score (nSPS) is 19.0. The van der Waals surface area contributed by atoms with Gasteiger partial charge in [-0.25, -0.2) is 0 Å². The first kappa shape index (κ1) is 10.8. The van der Waals surface area contributed by atoms with Crippen LogP contribution in [0.5, 0.6) is 0 Å². The van der Waals surface area contributed by atoms with Gasteiger partial charge in [-0.2, -0.15) is 4.98 Å². The summed E-state index contributed by atoms with van der Waals surface area (Å²) in [5.41, 5.74) is -0.587. The molecule has 0 aromatic carbocycles. The summed E-state index contributed by atoms with van der Waals surface area (Å²) in [4.78, 5) is 15.4. The lowest BCUT2D eigenvalue weighted by atomic mass is 9.89. The summed E-state index contributed by atoms with van der Waals surface area (Å²) in [5.74, 6) is 0.248. The number of carbonyl (C=O) groups excluding carboxylic acids is 1. The zero-order valence-electron chi connectivity index (χ0n) is 8.81. The standard InChI is InChI=1S/C10H13N3O3/c1-2-8(14)12-10(3-5-15-6-4-10)9-11-7-16-13-9/h2,7H,1,3-6H2,(H,12,14). The molecular weight excluding hydrogens is 210 g/mol.